The summed E-state index contributed by atoms with van der Waals surface area (Å²) >= 11 is 0. The first-order valence-corrected chi connectivity index (χ1v) is 10.2. The van der Waals surface area contributed by atoms with Crippen molar-refractivity contribution in [2.24, 2.45) is 16.5 Å². The molecular formula is C20H30BN4O4. The van der Waals surface area contributed by atoms with Crippen molar-refractivity contribution in [2.75, 3.05) is 6.54 Å². The highest BCUT2D eigenvalue weighted by Crippen LogP contribution is 2.53. The molecule has 3 saturated carbocycles. The molecule has 1 atom stereocenters. The molecule has 29 heavy (non-hydrogen) atoms. The summed E-state index contributed by atoms with van der Waals surface area (Å²) in [6.45, 7) is 0.411. The molecule has 0 aromatic heterocycles. The lowest BCUT2D eigenvalue weighted by atomic mass is 9.56. The van der Waals surface area contributed by atoms with Crippen LogP contribution in [-0.4, -0.2) is 48.1 Å². The number of nitrogens with one attached hydrogen (secondary N) is 1. The number of benzene rings is 1. The number of nitrogens with two attached hydrogens (primary N) is 2. The van der Waals surface area contributed by atoms with Crippen molar-refractivity contribution in [2.45, 2.75) is 68.6 Å². The Hall–Kier alpha value is -2.10. The summed E-state index contributed by atoms with van der Waals surface area (Å²) < 4.78 is 5.11. The molecule has 1 aromatic carbocycles. The topological polar surface area (TPSA) is 143 Å². The molecular weight excluding hydrogens is 371 g/mol. The molecule has 9 heteroatoms. The molecule has 0 aliphatic heterocycles. The van der Waals surface area contributed by atoms with Crippen molar-refractivity contribution < 1.29 is 19.6 Å². The van der Waals surface area contributed by atoms with E-state index in [0.29, 0.717) is 32.6 Å². The SMILES string of the molecule is NC(N)=NCCC[C@H](NC(=O)c1cccc(C23CCC(O)(CC2)CC3)c1)O[B]O. The van der Waals surface area contributed by atoms with Gasteiger partial charge in [-0.05, 0) is 74.5 Å². The molecule has 7 N–H and O–H groups in total. The fourth-order valence-electron chi connectivity index (χ4n) is 4.55. The molecule has 3 aliphatic rings. The lowest BCUT2D eigenvalue weighted by Gasteiger charge is -2.51. The van der Waals surface area contributed by atoms with Crippen molar-refractivity contribution >= 4 is 19.6 Å². The maximum atomic E-state index is 12.8. The van der Waals surface area contributed by atoms with Crippen LogP contribution in [0.1, 0.15) is 67.3 Å². The molecule has 157 valence electrons. The average Bonchev–Trinajstić information content (AvgIpc) is 2.72. The minimum atomic E-state index is -0.678. The molecule has 0 heterocycles. The number of guanidine groups is 1. The van der Waals surface area contributed by atoms with Crippen molar-refractivity contribution in [3.8, 4) is 0 Å². The summed E-state index contributed by atoms with van der Waals surface area (Å²) in [5, 5.41) is 22.2. The maximum absolute atomic E-state index is 12.8. The molecule has 0 spiro atoms. The van der Waals surface area contributed by atoms with E-state index in [-0.39, 0.29) is 17.3 Å². The van der Waals surface area contributed by atoms with E-state index in [0.717, 1.165) is 44.1 Å². The van der Waals surface area contributed by atoms with E-state index in [1.807, 2.05) is 12.1 Å². The van der Waals surface area contributed by atoms with Gasteiger partial charge in [0.2, 0.25) is 0 Å². The summed E-state index contributed by atoms with van der Waals surface area (Å²) in [5.74, 6) is -0.250. The van der Waals surface area contributed by atoms with Crippen molar-refractivity contribution in [3.63, 3.8) is 0 Å². The largest absolute Gasteiger partial charge is 0.486 e. The van der Waals surface area contributed by atoms with Crippen LogP contribution in [-0.2, 0) is 10.1 Å². The smallest absolute Gasteiger partial charge is 0.429 e. The molecule has 3 fully saturated rings. The zero-order chi connectivity index (χ0) is 20.9. The summed E-state index contributed by atoms with van der Waals surface area (Å²) in [6.07, 6.45) is 5.66. The van der Waals surface area contributed by atoms with Crippen LogP contribution in [0.5, 0.6) is 0 Å². The van der Waals surface area contributed by atoms with Gasteiger partial charge in [-0.3, -0.25) is 9.79 Å². The Morgan fingerprint density at radius 3 is 2.55 bits per heavy atom. The van der Waals surface area contributed by atoms with Gasteiger partial charge in [-0.2, -0.15) is 0 Å². The maximum Gasteiger partial charge on any atom is 0.486 e. The number of nitrogens with zero attached hydrogens (tertiary/aromatic N) is 1. The van der Waals surface area contributed by atoms with Crippen molar-refractivity contribution in [1.82, 2.24) is 5.32 Å². The second-order valence-electron chi connectivity index (χ2n) is 8.24. The monoisotopic (exact) mass is 401 g/mol. The van der Waals surface area contributed by atoms with Crippen LogP contribution in [0.4, 0.5) is 0 Å². The van der Waals surface area contributed by atoms with E-state index < -0.39 is 11.8 Å². The van der Waals surface area contributed by atoms with Gasteiger partial charge >= 0.3 is 7.69 Å². The summed E-state index contributed by atoms with van der Waals surface area (Å²) in [4.78, 5) is 16.7. The number of aliphatic imine (C=N–C) groups is 1. The number of carbonyl (C=O) groups excluding carboxylic acids is 1. The molecule has 0 unspecified atom stereocenters. The molecule has 2 bridgehead atoms. The van der Waals surface area contributed by atoms with E-state index in [4.69, 9.17) is 21.1 Å². The van der Waals surface area contributed by atoms with Crippen LogP contribution in [0.15, 0.2) is 29.3 Å². The van der Waals surface area contributed by atoms with Crippen LogP contribution in [0, 0.1) is 0 Å². The first-order chi connectivity index (χ1) is 13.9. The number of carbonyl (C=O) groups is 1. The molecule has 1 amide bonds. The van der Waals surface area contributed by atoms with Crippen LogP contribution in [0.2, 0.25) is 0 Å². The fraction of sp³-hybridized carbons (Fsp3) is 0.600. The van der Waals surface area contributed by atoms with Gasteiger partial charge in [0.05, 0.1) is 5.60 Å². The number of amides is 1. The van der Waals surface area contributed by atoms with Gasteiger partial charge in [-0.25, -0.2) is 0 Å². The van der Waals surface area contributed by atoms with Gasteiger partial charge < -0.3 is 31.6 Å². The average molecular weight is 401 g/mol. The Balaban J connectivity index is 1.64. The van der Waals surface area contributed by atoms with Gasteiger partial charge in [-0.15, -0.1) is 0 Å². The molecule has 0 saturated heterocycles. The Labute approximate surface area is 172 Å². The molecule has 1 radical (unpaired) electrons. The van der Waals surface area contributed by atoms with Crippen LogP contribution >= 0.6 is 0 Å². The summed E-state index contributed by atoms with van der Waals surface area (Å²) in [7, 11) is 0.575. The normalized spacial score (nSPS) is 26.6. The highest BCUT2D eigenvalue weighted by molar-refractivity contribution is 6.16. The van der Waals surface area contributed by atoms with Crippen LogP contribution < -0.4 is 16.8 Å². The third-order valence-corrected chi connectivity index (χ3v) is 6.38. The summed E-state index contributed by atoms with van der Waals surface area (Å²) in [5.41, 5.74) is 11.9. The second kappa shape index (κ2) is 9.15. The van der Waals surface area contributed by atoms with Crippen LogP contribution in [0.3, 0.4) is 0 Å². The van der Waals surface area contributed by atoms with E-state index in [9.17, 15) is 9.90 Å². The Morgan fingerprint density at radius 2 is 1.93 bits per heavy atom. The molecule has 8 nitrogen and oxygen atoms in total. The standard InChI is InChI=1S/C20H30BN4O4/c22-18(23)24-12-2-5-16(29-21-28)25-17(26)14-3-1-4-15(13-14)19-6-9-20(27,10-7-19)11-8-19/h1,3-4,13,16,27-28H,2,5-12H2,(H,25,26)(H4,22,23,24)/t16-,19?,20?/m1/s1. The highest BCUT2D eigenvalue weighted by atomic mass is 16.5. The van der Waals surface area contributed by atoms with E-state index in [1.165, 1.54) is 0 Å². The highest BCUT2D eigenvalue weighted by Gasteiger charge is 2.48. The predicted octanol–water partition coefficient (Wildman–Crippen LogP) is 0.676. The zero-order valence-electron chi connectivity index (χ0n) is 16.6. The van der Waals surface area contributed by atoms with Gasteiger partial charge in [0, 0.05) is 12.1 Å². The number of rotatable bonds is 9. The third kappa shape index (κ3) is 5.29. The Morgan fingerprint density at radius 1 is 1.24 bits per heavy atom. The zero-order valence-corrected chi connectivity index (χ0v) is 16.6. The van der Waals surface area contributed by atoms with Crippen molar-refractivity contribution in [3.05, 3.63) is 35.4 Å². The third-order valence-electron chi connectivity index (χ3n) is 6.38. The fourth-order valence-corrected chi connectivity index (χ4v) is 4.55. The number of hydrogen-bond donors (Lipinski definition) is 5. The minimum absolute atomic E-state index is 0.0141. The van der Waals surface area contributed by atoms with Gasteiger partial charge in [0.25, 0.3) is 5.91 Å². The van der Waals surface area contributed by atoms with Crippen LogP contribution in [0.25, 0.3) is 0 Å². The first kappa shape index (κ1) is 21.6. The molecule has 3 aliphatic carbocycles. The predicted molar refractivity (Wildman–Crippen MR) is 111 cm³/mol. The minimum Gasteiger partial charge on any atom is -0.429 e. The first-order valence-electron chi connectivity index (χ1n) is 10.2. The number of hydrogen-bond acceptors (Lipinski definition) is 5. The lowest BCUT2D eigenvalue weighted by molar-refractivity contribution is -0.0660. The molecule has 1 aromatic rings. The lowest BCUT2D eigenvalue weighted by Crippen LogP contribution is -2.48. The van der Waals surface area contributed by atoms with Crippen molar-refractivity contribution in [1.29, 1.82) is 0 Å². The second-order valence-corrected chi connectivity index (χ2v) is 8.24. The Kier molecular flexibility index (Phi) is 6.82. The van der Waals surface area contributed by atoms with Gasteiger partial charge in [0.15, 0.2) is 5.96 Å². The van der Waals surface area contributed by atoms with E-state index >= 15 is 0 Å². The van der Waals surface area contributed by atoms with E-state index in [1.54, 1.807) is 6.07 Å². The quantitative estimate of drug-likeness (QED) is 0.135. The van der Waals surface area contributed by atoms with Gasteiger partial charge in [-0.1, -0.05) is 12.1 Å². The number of aliphatic hydroxyl groups is 1. The molecule has 4 rings (SSSR count). The summed E-state index contributed by atoms with van der Waals surface area (Å²) in [6, 6.07) is 7.71. The van der Waals surface area contributed by atoms with Gasteiger partial charge in [0.1, 0.15) is 6.23 Å². The Bertz CT molecular complexity index is 729. The van der Waals surface area contributed by atoms with E-state index in [2.05, 4.69) is 16.4 Å². The number of fused-ring (bicyclic) bond motifs is 3.